The number of anilines is 1. The van der Waals surface area contributed by atoms with Crippen molar-refractivity contribution in [1.82, 2.24) is 9.80 Å². The largest absolute Gasteiger partial charge is 0.495 e. The molecule has 0 N–H and O–H groups in total. The van der Waals surface area contributed by atoms with Crippen molar-refractivity contribution in [2.24, 2.45) is 5.92 Å². The normalized spacial score (nSPS) is 17.4. The van der Waals surface area contributed by atoms with Crippen LogP contribution in [0.4, 0.5) is 5.69 Å². The molecule has 7 nitrogen and oxygen atoms in total. The molecule has 0 bridgehead atoms. The minimum absolute atomic E-state index is 0.316. The number of hydrogen-bond donors (Lipinski definition) is 0. The highest BCUT2D eigenvalue weighted by molar-refractivity contribution is 6.45. The van der Waals surface area contributed by atoms with Gasteiger partial charge in [-0.15, -0.1) is 0 Å². The summed E-state index contributed by atoms with van der Waals surface area (Å²) in [5.41, 5.74) is 2.03. The van der Waals surface area contributed by atoms with E-state index in [4.69, 9.17) is 9.47 Å². The SMILES string of the molecule is COc1ccccc1N1C(=O)C(c2ccc(OCC(C)C)cc2)=C(N2CCN(C)CC2)C1=O. The van der Waals surface area contributed by atoms with E-state index in [0.717, 1.165) is 18.8 Å². The van der Waals surface area contributed by atoms with Crippen LogP contribution in [-0.4, -0.2) is 68.6 Å². The maximum absolute atomic E-state index is 13.7. The number of para-hydroxylation sites is 2. The minimum Gasteiger partial charge on any atom is -0.495 e. The van der Waals surface area contributed by atoms with Crippen molar-refractivity contribution >= 4 is 23.1 Å². The first-order chi connectivity index (χ1) is 15.9. The third kappa shape index (κ3) is 4.59. The van der Waals surface area contributed by atoms with E-state index in [1.165, 1.54) is 12.0 Å². The van der Waals surface area contributed by atoms with Gasteiger partial charge >= 0.3 is 0 Å². The van der Waals surface area contributed by atoms with Gasteiger partial charge in [0.1, 0.15) is 17.2 Å². The van der Waals surface area contributed by atoms with Crippen LogP contribution in [0.3, 0.4) is 0 Å². The lowest BCUT2D eigenvalue weighted by Gasteiger charge is -2.34. The molecule has 33 heavy (non-hydrogen) atoms. The Morgan fingerprint density at radius 1 is 0.909 bits per heavy atom. The molecule has 2 aromatic carbocycles. The number of benzene rings is 2. The number of nitrogens with zero attached hydrogens (tertiary/aromatic N) is 3. The average Bonchev–Trinajstić information content (AvgIpc) is 3.08. The molecule has 0 atom stereocenters. The third-order valence-corrected chi connectivity index (χ3v) is 5.93. The summed E-state index contributed by atoms with van der Waals surface area (Å²) in [6, 6.07) is 14.5. The summed E-state index contributed by atoms with van der Waals surface area (Å²) in [4.78, 5) is 32.9. The van der Waals surface area contributed by atoms with E-state index in [1.54, 1.807) is 18.2 Å². The van der Waals surface area contributed by atoms with Gasteiger partial charge in [0.25, 0.3) is 11.8 Å². The highest BCUT2D eigenvalue weighted by atomic mass is 16.5. The Kier molecular flexibility index (Phi) is 6.70. The number of methoxy groups -OCH3 is 1. The molecule has 2 aliphatic heterocycles. The minimum atomic E-state index is -0.339. The molecule has 1 saturated heterocycles. The van der Waals surface area contributed by atoms with Crippen LogP contribution in [0.2, 0.25) is 0 Å². The van der Waals surface area contributed by atoms with E-state index in [2.05, 4.69) is 25.8 Å². The lowest BCUT2D eigenvalue weighted by molar-refractivity contribution is -0.120. The van der Waals surface area contributed by atoms with Crippen molar-refractivity contribution in [1.29, 1.82) is 0 Å². The smallest absolute Gasteiger partial charge is 0.282 e. The number of hydrogen-bond acceptors (Lipinski definition) is 6. The molecule has 0 saturated carbocycles. The molecule has 0 unspecified atom stereocenters. The van der Waals surface area contributed by atoms with Gasteiger partial charge in [-0.3, -0.25) is 9.59 Å². The van der Waals surface area contributed by atoms with Crippen molar-refractivity contribution < 1.29 is 19.1 Å². The quantitative estimate of drug-likeness (QED) is 0.605. The highest BCUT2D eigenvalue weighted by Gasteiger charge is 2.43. The van der Waals surface area contributed by atoms with Crippen molar-refractivity contribution in [3.63, 3.8) is 0 Å². The highest BCUT2D eigenvalue weighted by Crippen LogP contribution is 2.39. The van der Waals surface area contributed by atoms with Gasteiger partial charge in [-0.1, -0.05) is 38.1 Å². The first-order valence-electron chi connectivity index (χ1n) is 11.3. The second-order valence-corrected chi connectivity index (χ2v) is 8.86. The summed E-state index contributed by atoms with van der Waals surface area (Å²) in [6.45, 7) is 7.83. The molecule has 0 aliphatic carbocycles. The molecular formula is C26H31N3O4. The van der Waals surface area contributed by atoms with Crippen LogP contribution in [0.1, 0.15) is 19.4 Å². The van der Waals surface area contributed by atoms with E-state index >= 15 is 0 Å². The summed E-state index contributed by atoms with van der Waals surface area (Å²) in [6.07, 6.45) is 0. The van der Waals surface area contributed by atoms with Crippen LogP contribution in [-0.2, 0) is 9.59 Å². The number of piperazine rings is 1. The first kappa shape index (κ1) is 22.9. The predicted molar refractivity (Wildman–Crippen MR) is 128 cm³/mol. The second kappa shape index (κ2) is 9.67. The van der Waals surface area contributed by atoms with Crippen LogP contribution in [0.15, 0.2) is 54.2 Å². The Hall–Kier alpha value is -3.32. The summed E-state index contributed by atoms with van der Waals surface area (Å²) in [7, 11) is 3.60. The summed E-state index contributed by atoms with van der Waals surface area (Å²) >= 11 is 0. The molecule has 7 heteroatoms. The number of carbonyl (C=O) groups is 2. The zero-order valence-electron chi connectivity index (χ0n) is 19.7. The van der Waals surface area contributed by atoms with Crippen LogP contribution >= 0.6 is 0 Å². The van der Waals surface area contributed by atoms with Gasteiger partial charge in [-0.2, -0.15) is 0 Å². The third-order valence-electron chi connectivity index (χ3n) is 5.93. The second-order valence-electron chi connectivity index (χ2n) is 8.86. The predicted octanol–water partition coefficient (Wildman–Crippen LogP) is 3.26. The van der Waals surface area contributed by atoms with E-state index in [0.29, 0.717) is 53.9 Å². The Balaban J connectivity index is 1.74. The van der Waals surface area contributed by atoms with E-state index in [1.807, 2.05) is 35.2 Å². The molecule has 1 fully saturated rings. The lowest BCUT2D eigenvalue weighted by Crippen LogP contribution is -2.46. The molecule has 174 valence electrons. The van der Waals surface area contributed by atoms with Gasteiger partial charge in [0.2, 0.25) is 0 Å². The van der Waals surface area contributed by atoms with Crippen molar-refractivity contribution in [2.75, 3.05) is 51.8 Å². The van der Waals surface area contributed by atoms with Crippen molar-refractivity contribution in [3.05, 3.63) is 59.8 Å². The number of ether oxygens (including phenoxy) is 2. The Morgan fingerprint density at radius 3 is 2.21 bits per heavy atom. The fraction of sp³-hybridized carbons (Fsp3) is 0.385. The van der Waals surface area contributed by atoms with Crippen LogP contribution in [0.5, 0.6) is 11.5 Å². The lowest BCUT2D eigenvalue weighted by atomic mass is 10.0. The van der Waals surface area contributed by atoms with Crippen molar-refractivity contribution in [3.8, 4) is 11.5 Å². The van der Waals surface area contributed by atoms with E-state index in [9.17, 15) is 9.59 Å². The Labute approximate surface area is 195 Å². The maximum atomic E-state index is 13.7. The molecule has 2 amide bonds. The van der Waals surface area contributed by atoms with Crippen LogP contribution in [0, 0.1) is 5.92 Å². The van der Waals surface area contributed by atoms with Gasteiger partial charge in [0.05, 0.1) is 25.0 Å². The van der Waals surface area contributed by atoms with Crippen LogP contribution < -0.4 is 14.4 Å². The average molecular weight is 450 g/mol. The zero-order chi connectivity index (χ0) is 23.5. The number of amides is 2. The topological polar surface area (TPSA) is 62.3 Å². The molecule has 0 aromatic heterocycles. The number of carbonyl (C=O) groups excluding carboxylic acids is 2. The Bertz CT molecular complexity index is 1050. The van der Waals surface area contributed by atoms with Gasteiger partial charge in [-0.25, -0.2) is 4.90 Å². The van der Waals surface area contributed by atoms with E-state index < -0.39 is 0 Å². The molecule has 4 rings (SSSR count). The Morgan fingerprint density at radius 2 is 1.58 bits per heavy atom. The van der Waals surface area contributed by atoms with Crippen molar-refractivity contribution in [2.45, 2.75) is 13.8 Å². The van der Waals surface area contributed by atoms with Gasteiger partial charge in [0.15, 0.2) is 0 Å². The van der Waals surface area contributed by atoms with Crippen LogP contribution in [0.25, 0.3) is 5.57 Å². The monoisotopic (exact) mass is 449 g/mol. The fourth-order valence-electron chi connectivity index (χ4n) is 4.12. The zero-order valence-corrected chi connectivity index (χ0v) is 19.7. The maximum Gasteiger partial charge on any atom is 0.282 e. The number of imide groups is 1. The number of rotatable bonds is 7. The fourth-order valence-corrected chi connectivity index (χ4v) is 4.12. The first-order valence-corrected chi connectivity index (χ1v) is 11.3. The molecule has 0 spiro atoms. The summed E-state index contributed by atoms with van der Waals surface area (Å²) in [5.74, 6) is 0.987. The van der Waals surface area contributed by atoms with Gasteiger partial charge in [-0.05, 0) is 42.8 Å². The summed E-state index contributed by atoms with van der Waals surface area (Å²) < 4.78 is 11.2. The van der Waals surface area contributed by atoms with E-state index in [-0.39, 0.29) is 11.8 Å². The molecule has 0 radical (unpaired) electrons. The number of likely N-dealkylation sites (N-methyl/N-ethyl adjacent to an activating group) is 1. The van der Waals surface area contributed by atoms with Gasteiger partial charge in [0, 0.05) is 26.2 Å². The standard InChI is InChI=1S/C26H31N3O4/c1-18(2)17-33-20-11-9-19(10-12-20)23-24(28-15-13-27(3)14-16-28)26(31)29(25(23)30)21-7-5-6-8-22(21)32-4/h5-12,18H,13-17H2,1-4H3. The molecular weight excluding hydrogens is 418 g/mol. The van der Waals surface area contributed by atoms with Gasteiger partial charge < -0.3 is 19.3 Å². The molecule has 2 aliphatic rings. The molecule has 2 aromatic rings. The molecule has 2 heterocycles. The summed E-state index contributed by atoms with van der Waals surface area (Å²) in [5, 5.41) is 0.